The molecular weight excluding hydrogens is 425 g/mol. The Bertz CT molecular complexity index is 933. The Morgan fingerprint density at radius 3 is 2.10 bits per heavy atom. The lowest BCUT2D eigenvalue weighted by Crippen LogP contribution is -2.49. The average molecular weight is 443 g/mol. The van der Waals surface area contributed by atoms with Gasteiger partial charge in [0.05, 0.1) is 18.7 Å². The van der Waals surface area contributed by atoms with Gasteiger partial charge in [-0.1, -0.05) is 54.2 Å². The zero-order chi connectivity index (χ0) is 21.8. The van der Waals surface area contributed by atoms with Crippen molar-refractivity contribution in [1.29, 1.82) is 0 Å². The highest BCUT2D eigenvalue weighted by atomic mass is 32.2. The van der Waals surface area contributed by atoms with E-state index in [4.69, 9.17) is 4.74 Å². The molecule has 1 aromatic heterocycles. The number of benzene rings is 2. The molecule has 160 valence electrons. The first-order valence-electron chi connectivity index (χ1n) is 8.79. The summed E-state index contributed by atoms with van der Waals surface area (Å²) in [5, 5.41) is 0.397. The number of thioether (sulfide) groups is 1. The van der Waals surface area contributed by atoms with E-state index < -0.39 is 29.1 Å². The summed E-state index contributed by atoms with van der Waals surface area (Å²) in [5.41, 5.74) is -2.68. The summed E-state index contributed by atoms with van der Waals surface area (Å²) in [6.07, 6.45) is -0.931. The summed E-state index contributed by atoms with van der Waals surface area (Å²) in [7, 11) is 0. The van der Waals surface area contributed by atoms with Gasteiger partial charge in [-0.15, -0.1) is 0 Å². The smallest absolute Gasteiger partial charge is 0.356 e. The van der Waals surface area contributed by atoms with Gasteiger partial charge in [0.1, 0.15) is 12.7 Å². The molecule has 0 amide bonds. The molecule has 0 fully saturated rings. The van der Waals surface area contributed by atoms with Gasteiger partial charge in [0, 0.05) is 0 Å². The molecule has 1 unspecified atom stereocenters. The van der Waals surface area contributed by atoms with Crippen LogP contribution < -0.4 is 0 Å². The number of alkyl halides is 5. The lowest BCUT2D eigenvalue weighted by molar-refractivity contribution is -0.184. The van der Waals surface area contributed by atoms with Crippen LogP contribution in [0.25, 0.3) is 0 Å². The summed E-state index contributed by atoms with van der Waals surface area (Å²) >= 11 is 0.254. The Labute approximate surface area is 174 Å². The van der Waals surface area contributed by atoms with Crippen LogP contribution in [0.4, 0.5) is 22.0 Å². The van der Waals surface area contributed by atoms with Crippen LogP contribution in [-0.2, 0) is 29.7 Å². The first-order chi connectivity index (χ1) is 14.2. The van der Waals surface area contributed by atoms with Crippen molar-refractivity contribution in [2.75, 3.05) is 6.26 Å². The molecule has 0 aliphatic heterocycles. The van der Waals surface area contributed by atoms with Gasteiger partial charge in [-0.25, -0.2) is 9.67 Å². The minimum atomic E-state index is -4.58. The molecule has 0 aliphatic carbocycles. The molecule has 1 atom stereocenters. The largest absolute Gasteiger partial charge is 0.416 e. The van der Waals surface area contributed by atoms with Crippen molar-refractivity contribution in [3.63, 3.8) is 0 Å². The third-order valence-electron chi connectivity index (χ3n) is 4.58. The molecule has 4 nitrogen and oxygen atoms in total. The van der Waals surface area contributed by atoms with Crippen molar-refractivity contribution in [2.24, 2.45) is 0 Å². The molecule has 0 N–H and O–H groups in total. The SMILES string of the molecule is CSC(F)(F)C(Cn1cncn1)(OCc1ccccc1)c1ccc(C(F)(F)F)cc1. The van der Waals surface area contributed by atoms with Crippen LogP contribution in [0.1, 0.15) is 16.7 Å². The van der Waals surface area contributed by atoms with E-state index in [0.29, 0.717) is 5.56 Å². The van der Waals surface area contributed by atoms with Crippen molar-refractivity contribution in [3.05, 3.63) is 83.9 Å². The van der Waals surface area contributed by atoms with E-state index in [9.17, 15) is 13.2 Å². The minimum Gasteiger partial charge on any atom is -0.356 e. The molecule has 0 saturated carbocycles. The van der Waals surface area contributed by atoms with E-state index in [1.54, 1.807) is 30.3 Å². The average Bonchev–Trinajstić information content (AvgIpc) is 3.24. The Kier molecular flexibility index (Phi) is 6.47. The van der Waals surface area contributed by atoms with Crippen LogP contribution in [0.15, 0.2) is 67.3 Å². The van der Waals surface area contributed by atoms with Crippen molar-refractivity contribution in [3.8, 4) is 0 Å². The third kappa shape index (κ3) is 4.65. The van der Waals surface area contributed by atoms with Crippen molar-refractivity contribution < 1.29 is 26.7 Å². The van der Waals surface area contributed by atoms with Gasteiger partial charge in [0.2, 0.25) is 0 Å². The number of hydrogen-bond acceptors (Lipinski definition) is 4. The second-order valence-corrected chi connectivity index (χ2v) is 7.41. The second-order valence-electron chi connectivity index (χ2n) is 6.49. The predicted molar refractivity (Wildman–Crippen MR) is 103 cm³/mol. The van der Waals surface area contributed by atoms with E-state index >= 15 is 8.78 Å². The van der Waals surface area contributed by atoms with Crippen LogP contribution in [0.3, 0.4) is 0 Å². The maximum absolute atomic E-state index is 15.3. The zero-order valence-electron chi connectivity index (χ0n) is 15.8. The summed E-state index contributed by atoms with van der Waals surface area (Å²) in [6.45, 7) is -0.619. The normalized spacial score (nSPS) is 14.5. The van der Waals surface area contributed by atoms with Gasteiger partial charge in [0.15, 0.2) is 5.60 Å². The number of rotatable bonds is 8. The van der Waals surface area contributed by atoms with E-state index in [-0.39, 0.29) is 23.9 Å². The summed E-state index contributed by atoms with van der Waals surface area (Å²) in [5.74, 6) is 0. The fourth-order valence-corrected chi connectivity index (χ4v) is 3.55. The lowest BCUT2D eigenvalue weighted by atomic mass is 9.92. The number of halogens is 5. The Morgan fingerprint density at radius 1 is 0.933 bits per heavy atom. The number of ether oxygens (including phenoxy) is 1. The molecule has 0 radical (unpaired) electrons. The molecule has 0 bridgehead atoms. The summed E-state index contributed by atoms with van der Waals surface area (Å²) in [4.78, 5) is 3.77. The van der Waals surface area contributed by atoms with Gasteiger partial charge in [-0.05, 0) is 29.5 Å². The van der Waals surface area contributed by atoms with Crippen LogP contribution in [0.2, 0.25) is 0 Å². The van der Waals surface area contributed by atoms with Gasteiger partial charge in [-0.2, -0.15) is 27.1 Å². The molecule has 3 rings (SSSR count). The number of hydrogen-bond donors (Lipinski definition) is 0. The quantitative estimate of drug-likeness (QED) is 0.439. The van der Waals surface area contributed by atoms with Gasteiger partial charge < -0.3 is 4.74 Å². The maximum Gasteiger partial charge on any atom is 0.416 e. The van der Waals surface area contributed by atoms with Crippen LogP contribution in [0, 0.1) is 0 Å². The molecule has 0 aliphatic rings. The van der Waals surface area contributed by atoms with Gasteiger partial charge >= 0.3 is 11.4 Å². The fourth-order valence-electron chi connectivity index (χ4n) is 2.98. The standard InChI is InChI=1S/C20H18F5N3OS/c1-30-20(24,25)18(12-28-14-26-13-27-28,29-11-15-5-3-2-4-6-15)16-7-9-17(10-8-16)19(21,22)23/h2-10,13-14H,11-12H2,1H3. The molecule has 0 spiro atoms. The predicted octanol–water partition coefficient (Wildman–Crippen LogP) is 5.37. The first-order valence-corrected chi connectivity index (χ1v) is 10.0. The van der Waals surface area contributed by atoms with E-state index in [2.05, 4.69) is 10.1 Å². The van der Waals surface area contributed by atoms with E-state index in [1.165, 1.54) is 23.6 Å². The molecule has 0 saturated heterocycles. The van der Waals surface area contributed by atoms with Crippen LogP contribution in [-0.4, -0.2) is 26.3 Å². The first kappa shape index (κ1) is 22.2. The van der Waals surface area contributed by atoms with Crippen molar-refractivity contribution >= 4 is 11.8 Å². The molecular formula is C20H18F5N3OS. The highest BCUT2D eigenvalue weighted by Gasteiger charge is 2.56. The Morgan fingerprint density at radius 2 is 1.57 bits per heavy atom. The molecule has 2 aromatic carbocycles. The van der Waals surface area contributed by atoms with E-state index in [1.807, 2.05) is 0 Å². The van der Waals surface area contributed by atoms with Gasteiger partial charge in [0.25, 0.3) is 0 Å². The second kappa shape index (κ2) is 8.73. The van der Waals surface area contributed by atoms with E-state index in [0.717, 1.165) is 24.3 Å². The summed E-state index contributed by atoms with van der Waals surface area (Å²) in [6, 6.07) is 12.3. The highest BCUT2D eigenvalue weighted by molar-refractivity contribution is 7.99. The number of aromatic nitrogens is 3. The summed E-state index contributed by atoms with van der Waals surface area (Å²) < 4.78 is 76.6. The maximum atomic E-state index is 15.3. The monoisotopic (exact) mass is 443 g/mol. The fraction of sp³-hybridized carbons (Fsp3) is 0.300. The Hall–Kier alpha value is -2.46. The lowest BCUT2D eigenvalue weighted by Gasteiger charge is -2.39. The topological polar surface area (TPSA) is 39.9 Å². The van der Waals surface area contributed by atoms with Crippen molar-refractivity contribution in [1.82, 2.24) is 14.8 Å². The molecule has 3 aromatic rings. The third-order valence-corrected chi connectivity index (χ3v) is 5.43. The van der Waals surface area contributed by atoms with Crippen LogP contribution >= 0.6 is 11.8 Å². The van der Waals surface area contributed by atoms with Crippen LogP contribution in [0.5, 0.6) is 0 Å². The Balaban J connectivity index is 2.08. The molecule has 10 heteroatoms. The molecule has 30 heavy (non-hydrogen) atoms. The minimum absolute atomic E-state index is 0.0960. The van der Waals surface area contributed by atoms with Gasteiger partial charge in [-0.3, -0.25) is 0 Å². The van der Waals surface area contributed by atoms with Crippen molar-refractivity contribution in [2.45, 2.75) is 30.2 Å². The number of nitrogens with zero attached hydrogens (tertiary/aromatic N) is 3. The highest BCUT2D eigenvalue weighted by Crippen LogP contribution is 2.49. The molecule has 1 heterocycles. The zero-order valence-corrected chi connectivity index (χ0v) is 16.6.